The minimum Gasteiger partial charge on any atom is -0.495 e. The van der Waals surface area contributed by atoms with Gasteiger partial charge in [-0.25, -0.2) is 4.68 Å². The molecular formula is C18H15N3O3. The molecule has 0 spiro atoms. The van der Waals surface area contributed by atoms with Gasteiger partial charge in [-0.15, -0.1) is 0 Å². The molecule has 24 heavy (non-hydrogen) atoms. The first-order valence-corrected chi connectivity index (χ1v) is 7.33. The quantitative estimate of drug-likeness (QED) is 0.792. The Hall–Kier alpha value is -3.17. The first-order valence-electron chi connectivity index (χ1n) is 7.33. The normalized spacial score (nSPS) is 10.5. The molecule has 0 atom stereocenters. The van der Waals surface area contributed by atoms with E-state index in [1.54, 1.807) is 42.6 Å². The maximum absolute atomic E-state index is 12.6. The molecule has 0 aliphatic rings. The molecule has 3 rings (SSSR count). The summed E-state index contributed by atoms with van der Waals surface area (Å²) in [4.78, 5) is 12.6. The van der Waals surface area contributed by atoms with Crippen LogP contribution in [0.5, 0.6) is 5.75 Å². The third kappa shape index (κ3) is 2.85. The third-order valence-electron chi connectivity index (χ3n) is 3.82. The number of hydrogen-bond donors (Lipinski definition) is 1. The fraction of sp³-hybridized carbons (Fsp3) is 0.167. The molecule has 0 saturated carbocycles. The van der Waals surface area contributed by atoms with Gasteiger partial charge >= 0.3 is 0 Å². The Labute approximate surface area is 138 Å². The van der Waals surface area contributed by atoms with Crippen LogP contribution in [0.15, 0.2) is 47.4 Å². The summed E-state index contributed by atoms with van der Waals surface area (Å²) in [6.45, 7) is 0.178. The van der Waals surface area contributed by atoms with Crippen LogP contribution in [-0.4, -0.2) is 22.0 Å². The molecule has 6 heteroatoms. The van der Waals surface area contributed by atoms with Crippen LogP contribution >= 0.6 is 0 Å². The Kier molecular flexibility index (Phi) is 4.27. The summed E-state index contributed by atoms with van der Waals surface area (Å²) in [5.41, 5.74) is 1.71. The van der Waals surface area contributed by atoms with Crippen molar-refractivity contribution in [3.63, 3.8) is 0 Å². The van der Waals surface area contributed by atoms with Gasteiger partial charge in [-0.3, -0.25) is 4.79 Å². The van der Waals surface area contributed by atoms with E-state index in [1.807, 2.05) is 0 Å². The maximum atomic E-state index is 12.6. The van der Waals surface area contributed by atoms with Gasteiger partial charge in [0, 0.05) is 5.39 Å². The van der Waals surface area contributed by atoms with Gasteiger partial charge in [0.2, 0.25) is 0 Å². The second-order valence-electron chi connectivity index (χ2n) is 5.33. The zero-order valence-corrected chi connectivity index (χ0v) is 13.1. The van der Waals surface area contributed by atoms with Gasteiger partial charge in [0.15, 0.2) is 0 Å². The highest BCUT2D eigenvalue weighted by atomic mass is 16.5. The predicted molar refractivity (Wildman–Crippen MR) is 88.7 cm³/mol. The highest BCUT2D eigenvalue weighted by Gasteiger charge is 2.08. The monoisotopic (exact) mass is 321 g/mol. The Morgan fingerprint density at radius 1 is 1.25 bits per heavy atom. The van der Waals surface area contributed by atoms with Gasteiger partial charge in [0.1, 0.15) is 11.8 Å². The van der Waals surface area contributed by atoms with Crippen LogP contribution in [0.25, 0.3) is 10.8 Å². The maximum Gasteiger partial charge on any atom is 0.274 e. The number of aliphatic hydroxyl groups excluding tert-OH is 1. The molecule has 0 fully saturated rings. The number of nitriles is 1. The van der Waals surface area contributed by atoms with Crippen LogP contribution < -0.4 is 10.3 Å². The van der Waals surface area contributed by atoms with Crippen molar-refractivity contribution in [3.05, 3.63) is 69.6 Å². The first-order chi connectivity index (χ1) is 11.7. The van der Waals surface area contributed by atoms with E-state index >= 15 is 0 Å². The average Bonchev–Trinajstić information content (AvgIpc) is 2.63. The van der Waals surface area contributed by atoms with Crippen molar-refractivity contribution < 1.29 is 9.84 Å². The van der Waals surface area contributed by atoms with E-state index in [9.17, 15) is 4.79 Å². The van der Waals surface area contributed by atoms with Crippen LogP contribution in [0, 0.1) is 11.3 Å². The topological polar surface area (TPSA) is 88.1 Å². The number of ether oxygens (including phenoxy) is 1. The minimum atomic E-state index is -0.216. The number of aromatic nitrogens is 2. The molecule has 0 unspecified atom stereocenters. The lowest BCUT2D eigenvalue weighted by Gasteiger charge is -2.09. The molecule has 0 radical (unpaired) electrons. The predicted octanol–water partition coefficient (Wildman–Crippen LogP) is 1.82. The van der Waals surface area contributed by atoms with E-state index < -0.39 is 0 Å². The molecule has 1 N–H and O–H groups in total. The smallest absolute Gasteiger partial charge is 0.274 e. The minimum absolute atomic E-state index is 0.0815. The molecule has 0 amide bonds. The number of hydrogen-bond acceptors (Lipinski definition) is 5. The molecule has 6 nitrogen and oxygen atoms in total. The Morgan fingerprint density at radius 3 is 2.75 bits per heavy atom. The van der Waals surface area contributed by atoms with Gasteiger partial charge in [-0.2, -0.15) is 10.4 Å². The second-order valence-corrected chi connectivity index (χ2v) is 5.33. The van der Waals surface area contributed by atoms with Crippen molar-refractivity contribution >= 4 is 10.8 Å². The van der Waals surface area contributed by atoms with Gasteiger partial charge in [0.05, 0.1) is 37.4 Å². The van der Waals surface area contributed by atoms with Crippen molar-refractivity contribution in [3.8, 4) is 11.8 Å². The lowest BCUT2D eigenvalue weighted by molar-refractivity contribution is 0.282. The van der Waals surface area contributed by atoms with Crippen molar-refractivity contribution in [2.75, 3.05) is 7.11 Å². The highest BCUT2D eigenvalue weighted by Crippen LogP contribution is 2.19. The number of aliphatic hydroxyl groups is 1. The summed E-state index contributed by atoms with van der Waals surface area (Å²) in [6, 6.07) is 12.4. The van der Waals surface area contributed by atoms with E-state index in [0.29, 0.717) is 22.1 Å². The van der Waals surface area contributed by atoms with E-state index in [0.717, 1.165) is 11.1 Å². The molecule has 0 bridgehead atoms. The average molecular weight is 321 g/mol. The molecule has 1 aromatic heterocycles. The Bertz CT molecular complexity index is 1000. The zero-order chi connectivity index (χ0) is 17.1. The summed E-state index contributed by atoms with van der Waals surface area (Å²) < 4.78 is 6.47. The molecular weight excluding hydrogens is 306 g/mol. The molecule has 2 aromatic carbocycles. The number of benzene rings is 2. The fourth-order valence-corrected chi connectivity index (χ4v) is 2.56. The van der Waals surface area contributed by atoms with Crippen LogP contribution in [-0.2, 0) is 13.2 Å². The van der Waals surface area contributed by atoms with E-state index in [-0.39, 0.29) is 18.7 Å². The van der Waals surface area contributed by atoms with Crippen molar-refractivity contribution in [2.24, 2.45) is 0 Å². The standard InChI is InChI=1S/C18H15N3O3/c1-24-17-5-3-12(6-14(17)8-19)10-21-18(23)16-4-2-13(11-22)7-15(16)9-20-21/h2-7,9,22H,10-11H2,1H3. The SMILES string of the molecule is COc1ccc(Cn2ncc3cc(CO)ccc3c2=O)cc1C#N. The van der Waals surface area contributed by atoms with Gasteiger partial charge in [-0.1, -0.05) is 12.1 Å². The third-order valence-corrected chi connectivity index (χ3v) is 3.82. The summed E-state index contributed by atoms with van der Waals surface area (Å²) in [5, 5.41) is 23.7. The van der Waals surface area contributed by atoms with E-state index in [2.05, 4.69) is 11.2 Å². The van der Waals surface area contributed by atoms with Crippen molar-refractivity contribution in [1.82, 2.24) is 9.78 Å². The lowest BCUT2D eigenvalue weighted by Crippen LogP contribution is -2.23. The van der Waals surface area contributed by atoms with Gasteiger partial charge in [0.25, 0.3) is 5.56 Å². The molecule has 1 heterocycles. The summed E-state index contributed by atoms with van der Waals surface area (Å²) in [7, 11) is 1.51. The molecule has 120 valence electrons. The molecule has 0 aliphatic heterocycles. The fourth-order valence-electron chi connectivity index (χ4n) is 2.56. The van der Waals surface area contributed by atoms with Crippen LogP contribution in [0.3, 0.4) is 0 Å². The number of fused-ring (bicyclic) bond motifs is 1. The number of nitrogens with zero attached hydrogens (tertiary/aromatic N) is 3. The largest absolute Gasteiger partial charge is 0.495 e. The van der Waals surface area contributed by atoms with Gasteiger partial charge in [-0.05, 0) is 35.4 Å². The highest BCUT2D eigenvalue weighted by molar-refractivity contribution is 5.81. The van der Waals surface area contributed by atoms with Crippen molar-refractivity contribution in [1.29, 1.82) is 5.26 Å². The first kappa shape index (κ1) is 15.7. The molecule has 0 aliphatic carbocycles. The lowest BCUT2D eigenvalue weighted by atomic mass is 10.1. The van der Waals surface area contributed by atoms with Gasteiger partial charge < -0.3 is 9.84 Å². The van der Waals surface area contributed by atoms with Crippen molar-refractivity contribution in [2.45, 2.75) is 13.2 Å². The Morgan fingerprint density at radius 2 is 2.04 bits per heavy atom. The van der Waals surface area contributed by atoms with Crippen LogP contribution in [0.2, 0.25) is 0 Å². The summed E-state index contributed by atoms with van der Waals surface area (Å²) in [5.74, 6) is 0.497. The summed E-state index contributed by atoms with van der Waals surface area (Å²) in [6.07, 6.45) is 1.60. The molecule has 0 saturated heterocycles. The zero-order valence-electron chi connectivity index (χ0n) is 13.1. The Balaban J connectivity index is 2.00. The van der Waals surface area contributed by atoms with E-state index in [4.69, 9.17) is 15.1 Å². The number of methoxy groups -OCH3 is 1. The molecule has 3 aromatic rings. The van der Waals surface area contributed by atoms with E-state index in [1.165, 1.54) is 11.8 Å². The second kappa shape index (κ2) is 6.52. The number of rotatable bonds is 4. The van der Waals surface area contributed by atoms with Crippen LogP contribution in [0.4, 0.5) is 0 Å². The van der Waals surface area contributed by atoms with Crippen LogP contribution in [0.1, 0.15) is 16.7 Å². The summed E-state index contributed by atoms with van der Waals surface area (Å²) >= 11 is 0.